The average Bonchev–Trinajstić information content (AvgIpc) is 3.16. The fourth-order valence-electron chi connectivity index (χ4n) is 5.85. The molecule has 0 N–H and O–H groups in total. The third-order valence-corrected chi connectivity index (χ3v) is 8.31. The number of hydrogen-bond donors (Lipinski definition) is 0. The summed E-state index contributed by atoms with van der Waals surface area (Å²) in [4.78, 5) is 2.71. The highest BCUT2D eigenvalue weighted by Crippen LogP contribution is 2.62. The molecule has 0 saturated carbocycles. The molecule has 0 unspecified atom stereocenters. The van der Waals surface area contributed by atoms with Crippen molar-refractivity contribution in [3.63, 3.8) is 0 Å². The maximum atomic E-state index is 2.43. The third kappa shape index (κ3) is 2.66. The van der Waals surface area contributed by atoms with Crippen LogP contribution in [0.2, 0.25) is 0 Å². The molecule has 1 heterocycles. The van der Waals surface area contributed by atoms with E-state index in [1.54, 1.807) is 0 Å². The van der Waals surface area contributed by atoms with Crippen LogP contribution in [-0.4, -0.2) is 0 Å². The molecular formula is C32H22S. The Morgan fingerprint density at radius 3 is 1.76 bits per heavy atom. The molecule has 1 spiro atoms. The first-order chi connectivity index (χ1) is 16.4. The number of hydrogen-bond acceptors (Lipinski definition) is 1. The molecule has 0 amide bonds. The van der Waals surface area contributed by atoms with Gasteiger partial charge in [0, 0.05) is 9.79 Å². The van der Waals surface area contributed by atoms with Gasteiger partial charge < -0.3 is 0 Å². The van der Waals surface area contributed by atoms with Gasteiger partial charge in [0.2, 0.25) is 0 Å². The summed E-state index contributed by atoms with van der Waals surface area (Å²) < 4.78 is 0. The Hall–Kier alpha value is -3.55. The van der Waals surface area contributed by atoms with Crippen LogP contribution >= 0.6 is 11.8 Å². The van der Waals surface area contributed by atoms with Crippen LogP contribution in [0.1, 0.15) is 33.4 Å². The van der Waals surface area contributed by atoms with Crippen LogP contribution in [0.4, 0.5) is 0 Å². The summed E-state index contributed by atoms with van der Waals surface area (Å²) in [5.74, 6) is 0. The zero-order valence-electron chi connectivity index (χ0n) is 18.2. The van der Waals surface area contributed by atoms with Crippen molar-refractivity contribution < 1.29 is 0 Å². The first-order valence-electron chi connectivity index (χ1n) is 11.5. The molecule has 0 atom stereocenters. The van der Waals surface area contributed by atoms with Crippen molar-refractivity contribution in [2.24, 2.45) is 0 Å². The van der Waals surface area contributed by atoms with Gasteiger partial charge in [-0.2, -0.15) is 0 Å². The van der Waals surface area contributed by atoms with E-state index in [1.807, 2.05) is 11.8 Å². The fourth-order valence-corrected chi connectivity index (χ4v) is 7.04. The Morgan fingerprint density at radius 2 is 1.03 bits per heavy atom. The summed E-state index contributed by atoms with van der Waals surface area (Å²) in [6, 6.07) is 44.9. The van der Waals surface area contributed by atoms with Crippen molar-refractivity contribution in [1.82, 2.24) is 0 Å². The van der Waals surface area contributed by atoms with Crippen molar-refractivity contribution in [3.05, 3.63) is 155 Å². The van der Waals surface area contributed by atoms with Gasteiger partial charge in [0.1, 0.15) is 0 Å². The molecule has 0 fully saturated rings. The predicted octanol–water partition coefficient (Wildman–Crippen LogP) is 8.11. The maximum Gasteiger partial charge on any atom is 0.0735 e. The zero-order chi connectivity index (χ0) is 21.8. The highest BCUT2D eigenvalue weighted by Gasteiger charge is 2.49. The van der Waals surface area contributed by atoms with E-state index in [0.717, 1.165) is 6.42 Å². The molecule has 0 bridgehead atoms. The lowest BCUT2D eigenvalue weighted by atomic mass is 9.67. The molecule has 33 heavy (non-hydrogen) atoms. The van der Waals surface area contributed by atoms with Crippen molar-refractivity contribution in [3.8, 4) is 11.1 Å². The second-order valence-corrected chi connectivity index (χ2v) is 10.0. The summed E-state index contributed by atoms with van der Waals surface area (Å²) in [5.41, 5.74) is 10.8. The predicted molar refractivity (Wildman–Crippen MR) is 137 cm³/mol. The minimum absolute atomic E-state index is 0.268. The number of benzene rings is 5. The first-order valence-corrected chi connectivity index (χ1v) is 12.3. The lowest BCUT2D eigenvalue weighted by Gasteiger charge is -2.39. The molecule has 1 heteroatoms. The Labute approximate surface area is 199 Å². The molecule has 0 nitrogen and oxygen atoms in total. The lowest BCUT2D eigenvalue weighted by molar-refractivity contribution is 0.722. The molecule has 0 saturated heterocycles. The van der Waals surface area contributed by atoms with Gasteiger partial charge in [-0.15, -0.1) is 0 Å². The minimum atomic E-state index is -0.268. The van der Waals surface area contributed by atoms with Crippen molar-refractivity contribution in [2.45, 2.75) is 21.6 Å². The summed E-state index contributed by atoms with van der Waals surface area (Å²) in [7, 11) is 0. The van der Waals surface area contributed by atoms with Crippen molar-refractivity contribution in [2.75, 3.05) is 0 Å². The Morgan fingerprint density at radius 1 is 0.455 bits per heavy atom. The van der Waals surface area contributed by atoms with Crippen molar-refractivity contribution >= 4 is 11.8 Å². The van der Waals surface area contributed by atoms with Crippen LogP contribution in [0.5, 0.6) is 0 Å². The van der Waals surface area contributed by atoms with Crippen LogP contribution in [0.25, 0.3) is 11.1 Å². The summed E-state index contributed by atoms with van der Waals surface area (Å²) in [6.45, 7) is 0. The lowest BCUT2D eigenvalue weighted by Crippen LogP contribution is -2.31. The van der Waals surface area contributed by atoms with Gasteiger partial charge in [0.15, 0.2) is 0 Å². The quantitative estimate of drug-likeness (QED) is 0.263. The molecule has 0 aromatic heterocycles. The first kappa shape index (κ1) is 19.0. The average molecular weight is 439 g/mol. The molecule has 1 aliphatic heterocycles. The van der Waals surface area contributed by atoms with Crippen LogP contribution < -0.4 is 0 Å². The molecule has 5 aromatic rings. The van der Waals surface area contributed by atoms with E-state index < -0.39 is 0 Å². The number of fused-ring (bicyclic) bond motifs is 9. The van der Waals surface area contributed by atoms with Crippen LogP contribution in [0.15, 0.2) is 131 Å². The minimum Gasteiger partial charge on any atom is -0.0894 e. The molecule has 2 aliphatic rings. The second-order valence-electron chi connectivity index (χ2n) is 8.93. The highest BCUT2D eigenvalue weighted by molar-refractivity contribution is 7.99. The van der Waals surface area contributed by atoms with Gasteiger partial charge in [-0.25, -0.2) is 0 Å². The maximum absolute atomic E-state index is 2.43. The van der Waals surface area contributed by atoms with Crippen LogP contribution in [0.3, 0.4) is 0 Å². The van der Waals surface area contributed by atoms with Crippen molar-refractivity contribution in [1.29, 1.82) is 0 Å². The molecule has 5 aromatic carbocycles. The summed E-state index contributed by atoms with van der Waals surface area (Å²) >= 11 is 1.90. The Bertz CT molecular complexity index is 1470. The Kier molecular flexibility index (Phi) is 4.16. The van der Waals surface area contributed by atoms with Gasteiger partial charge in [-0.1, -0.05) is 121 Å². The third-order valence-electron chi connectivity index (χ3n) is 7.16. The molecule has 1 aliphatic carbocycles. The molecule has 0 radical (unpaired) electrons. The van der Waals surface area contributed by atoms with E-state index in [9.17, 15) is 0 Å². The highest BCUT2D eigenvalue weighted by atomic mass is 32.2. The normalized spacial score (nSPS) is 14.3. The van der Waals surface area contributed by atoms with Gasteiger partial charge in [0.25, 0.3) is 0 Å². The van der Waals surface area contributed by atoms with E-state index in [4.69, 9.17) is 0 Å². The van der Waals surface area contributed by atoms with Gasteiger partial charge in [-0.3, -0.25) is 0 Å². The Balaban J connectivity index is 1.53. The van der Waals surface area contributed by atoms with E-state index >= 15 is 0 Å². The van der Waals surface area contributed by atoms with Crippen LogP contribution in [-0.2, 0) is 11.8 Å². The zero-order valence-corrected chi connectivity index (χ0v) is 19.0. The SMILES string of the molecule is c1ccc(Cc2ccc3c(c2)-c2ccccc2C32c3ccccc3Sc3ccccc32)cc1. The monoisotopic (exact) mass is 438 g/mol. The van der Waals surface area contributed by atoms with E-state index in [0.29, 0.717) is 0 Å². The van der Waals surface area contributed by atoms with E-state index in [2.05, 4.69) is 121 Å². The number of rotatable bonds is 2. The molecule has 156 valence electrons. The topological polar surface area (TPSA) is 0 Å². The van der Waals surface area contributed by atoms with Gasteiger partial charge >= 0.3 is 0 Å². The summed E-state index contributed by atoms with van der Waals surface area (Å²) in [5, 5.41) is 0. The van der Waals surface area contributed by atoms with Crippen LogP contribution in [0, 0.1) is 0 Å². The largest absolute Gasteiger partial charge is 0.0894 e. The second kappa shape index (κ2) is 7.23. The standard InChI is InChI=1S/C32H22S/c1-2-10-22(11-3-1)20-23-18-19-27-25(21-23)24-12-4-5-13-26(24)32(27)28-14-6-8-16-30(28)33-31-17-9-7-15-29(31)32/h1-19,21H,20H2. The molecule has 7 rings (SSSR count). The van der Waals surface area contributed by atoms with E-state index in [1.165, 1.54) is 54.3 Å². The van der Waals surface area contributed by atoms with Gasteiger partial charge in [0.05, 0.1) is 5.41 Å². The summed E-state index contributed by atoms with van der Waals surface area (Å²) in [6.07, 6.45) is 0.951. The van der Waals surface area contributed by atoms with E-state index in [-0.39, 0.29) is 5.41 Å². The molecular weight excluding hydrogens is 416 g/mol. The van der Waals surface area contributed by atoms with Gasteiger partial charge in [-0.05, 0) is 63.1 Å². The smallest absolute Gasteiger partial charge is 0.0735 e. The fraction of sp³-hybridized carbons (Fsp3) is 0.0625.